The third kappa shape index (κ3) is 5.70. The number of aryl methyl sites for hydroxylation is 1. The highest BCUT2D eigenvalue weighted by Gasteiger charge is 2.26. The van der Waals surface area contributed by atoms with Gasteiger partial charge in [-0.15, -0.1) is 0 Å². The molecule has 0 unspecified atom stereocenters. The Balaban J connectivity index is 1.95. The molecule has 5 amide bonds. The molecule has 0 spiro atoms. The molecule has 9 heteroatoms. The molecule has 28 heavy (non-hydrogen) atoms. The van der Waals surface area contributed by atoms with Crippen molar-refractivity contribution in [2.45, 2.75) is 32.6 Å². The summed E-state index contributed by atoms with van der Waals surface area (Å²) in [6.45, 7) is 3.08. The Hall–Kier alpha value is -3.10. The van der Waals surface area contributed by atoms with Gasteiger partial charge in [0.2, 0.25) is 5.91 Å². The van der Waals surface area contributed by atoms with Gasteiger partial charge >= 0.3 is 12.1 Å². The van der Waals surface area contributed by atoms with Crippen molar-refractivity contribution in [3.05, 3.63) is 29.3 Å². The van der Waals surface area contributed by atoms with Crippen LogP contribution in [-0.2, 0) is 4.79 Å². The Morgan fingerprint density at radius 3 is 2.68 bits per heavy atom. The molecule has 1 heterocycles. The zero-order chi connectivity index (χ0) is 20.7. The molecule has 0 aromatic heterocycles. The summed E-state index contributed by atoms with van der Waals surface area (Å²) in [5.41, 5.74) is 1.93. The maximum atomic E-state index is 12.7. The summed E-state index contributed by atoms with van der Waals surface area (Å²) in [5.74, 6) is -0.456. The third-order valence-corrected chi connectivity index (χ3v) is 4.59. The molecule has 0 atom stereocenters. The number of carbonyl (C=O) groups is 4. The number of urea groups is 1. The van der Waals surface area contributed by atoms with Crippen LogP contribution >= 0.6 is 0 Å². The summed E-state index contributed by atoms with van der Waals surface area (Å²) in [5, 5.41) is 13.1. The number of amides is 5. The van der Waals surface area contributed by atoms with Crippen LogP contribution in [0.2, 0.25) is 0 Å². The van der Waals surface area contributed by atoms with Gasteiger partial charge in [-0.3, -0.25) is 19.8 Å². The molecule has 9 nitrogen and oxygen atoms in total. The molecule has 3 N–H and O–H groups in total. The highest BCUT2D eigenvalue weighted by molar-refractivity contribution is 6.06. The first-order valence-corrected chi connectivity index (χ1v) is 9.24. The zero-order valence-electron chi connectivity index (χ0n) is 16.2. The molecule has 1 aromatic carbocycles. The van der Waals surface area contributed by atoms with Crippen LogP contribution in [0, 0.1) is 6.92 Å². The van der Waals surface area contributed by atoms with E-state index in [0.29, 0.717) is 30.8 Å². The maximum Gasteiger partial charge on any atom is 0.404 e. The predicted octanol–water partition coefficient (Wildman–Crippen LogP) is 1.95. The van der Waals surface area contributed by atoms with Gasteiger partial charge in [0.15, 0.2) is 0 Å². The second kappa shape index (κ2) is 9.72. The third-order valence-electron chi connectivity index (χ3n) is 4.59. The van der Waals surface area contributed by atoms with E-state index in [9.17, 15) is 19.2 Å². The number of carbonyl (C=O) groups excluding carboxylic acids is 3. The maximum absolute atomic E-state index is 12.7. The van der Waals surface area contributed by atoms with Crippen molar-refractivity contribution in [3.63, 3.8) is 0 Å². The van der Waals surface area contributed by atoms with Crippen LogP contribution < -0.4 is 15.5 Å². The van der Waals surface area contributed by atoms with E-state index in [1.807, 2.05) is 6.92 Å². The number of anilines is 1. The minimum atomic E-state index is -1.03. The van der Waals surface area contributed by atoms with Crippen molar-refractivity contribution >= 4 is 29.6 Å². The number of unbranched alkanes of at least 4 members (excludes halogenated alkanes) is 2. The van der Waals surface area contributed by atoms with E-state index in [1.165, 1.54) is 4.90 Å². The Morgan fingerprint density at radius 2 is 2.00 bits per heavy atom. The van der Waals surface area contributed by atoms with Gasteiger partial charge < -0.3 is 15.3 Å². The van der Waals surface area contributed by atoms with Gasteiger partial charge in [-0.25, -0.2) is 9.59 Å². The average molecular weight is 390 g/mol. The van der Waals surface area contributed by atoms with E-state index in [0.717, 1.165) is 18.4 Å². The molecular formula is C19H26N4O5. The molecule has 0 saturated carbocycles. The lowest BCUT2D eigenvalue weighted by atomic mass is 10.1. The van der Waals surface area contributed by atoms with Gasteiger partial charge in [-0.1, -0.05) is 6.07 Å². The topological polar surface area (TPSA) is 119 Å². The molecule has 1 aliphatic rings. The minimum absolute atomic E-state index is 0.154. The lowest BCUT2D eigenvalue weighted by Gasteiger charge is -2.28. The van der Waals surface area contributed by atoms with Gasteiger partial charge in [0.25, 0.3) is 5.91 Å². The lowest BCUT2D eigenvalue weighted by molar-refractivity contribution is -0.120. The van der Waals surface area contributed by atoms with Crippen LogP contribution in [0.25, 0.3) is 0 Å². The fourth-order valence-electron chi connectivity index (χ4n) is 3.00. The largest absolute Gasteiger partial charge is 0.465 e. The number of imide groups is 1. The first kappa shape index (κ1) is 21.2. The fourth-order valence-corrected chi connectivity index (χ4v) is 3.00. The summed E-state index contributed by atoms with van der Waals surface area (Å²) >= 11 is 0. The van der Waals surface area contributed by atoms with E-state index in [1.54, 1.807) is 30.1 Å². The number of nitrogens with zero attached hydrogens (tertiary/aromatic N) is 2. The van der Waals surface area contributed by atoms with Crippen molar-refractivity contribution in [3.8, 4) is 0 Å². The number of benzene rings is 1. The van der Waals surface area contributed by atoms with Crippen molar-refractivity contribution < 1.29 is 24.3 Å². The molecule has 1 aromatic rings. The van der Waals surface area contributed by atoms with E-state index in [-0.39, 0.29) is 24.8 Å². The average Bonchev–Trinajstić information content (AvgIpc) is 2.64. The smallest absolute Gasteiger partial charge is 0.404 e. The molecule has 0 aliphatic carbocycles. The second-order valence-corrected chi connectivity index (χ2v) is 6.78. The monoisotopic (exact) mass is 390 g/mol. The van der Waals surface area contributed by atoms with Crippen LogP contribution in [0.5, 0.6) is 0 Å². The highest BCUT2D eigenvalue weighted by Crippen LogP contribution is 2.24. The van der Waals surface area contributed by atoms with E-state index >= 15 is 0 Å². The summed E-state index contributed by atoms with van der Waals surface area (Å²) < 4.78 is 0. The van der Waals surface area contributed by atoms with Crippen molar-refractivity contribution in [2.24, 2.45) is 0 Å². The van der Waals surface area contributed by atoms with Crippen LogP contribution in [-0.4, -0.2) is 60.6 Å². The molecular weight excluding hydrogens is 364 g/mol. The van der Waals surface area contributed by atoms with Crippen molar-refractivity contribution in [1.82, 2.24) is 15.5 Å². The van der Waals surface area contributed by atoms with E-state index in [4.69, 9.17) is 5.11 Å². The van der Waals surface area contributed by atoms with Crippen molar-refractivity contribution in [2.75, 3.05) is 31.6 Å². The lowest BCUT2D eigenvalue weighted by Crippen LogP contribution is -2.49. The van der Waals surface area contributed by atoms with Gasteiger partial charge in [0.1, 0.15) is 0 Å². The number of hydrogen-bond acceptors (Lipinski definition) is 4. The Morgan fingerprint density at radius 1 is 1.25 bits per heavy atom. The number of rotatable bonds is 8. The molecule has 1 saturated heterocycles. The van der Waals surface area contributed by atoms with Gasteiger partial charge in [0.05, 0.1) is 0 Å². The van der Waals surface area contributed by atoms with Crippen molar-refractivity contribution in [1.29, 1.82) is 0 Å². The first-order valence-electron chi connectivity index (χ1n) is 9.24. The number of carboxylic acid groups (broad SMARTS) is 1. The fraction of sp³-hybridized carbons (Fsp3) is 0.474. The predicted molar refractivity (Wildman–Crippen MR) is 104 cm³/mol. The Bertz CT molecular complexity index is 765. The minimum Gasteiger partial charge on any atom is -0.465 e. The summed E-state index contributed by atoms with van der Waals surface area (Å²) in [7, 11) is 1.71. The SMILES string of the molecule is Cc1ccc(C(=O)N(C)CCCCCNC(=O)O)cc1N1CCC(=O)NC1=O. The second-order valence-electron chi connectivity index (χ2n) is 6.78. The molecule has 1 fully saturated rings. The number of nitrogens with one attached hydrogen (secondary N) is 2. The molecule has 1 aliphatic heterocycles. The van der Waals surface area contributed by atoms with Gasteiger partial charge in [-0.2, -0.15) is 0 Å². The quantitative estimate of drug-likeness (QED) is 0.586. The first-order chi connectivity index (χ1) is 13.3. The number of hydrogen-bond donors (Lipinski definition) is 3. The molecule has 2 rings (SSSR count). The Labute approximate surface area is 163 Å². The standard InChI is InChI=1S/C19H26N4O5/c1-13-6-7-14(12-15(13)23-11-8-16(24)21-18(23)26)17(25)22(2)10-5-3-4-9-20-19(27)28/h6-7,12,20H,3-5,8-11H2,1-2H3,(H,27,28)(H,21,24,26). The summed E-state index contributed by atoms with van der Waals surface area (Å²) in [6, 6.07) is 4.71. The van der Waals surface area contributed by atoms with E-state index < -0.39 is 12.1 Å². The van der Waals surface area contributed by atoms with Crippen LogP contribution in [0.4, 0.5) is 15.3 Å². The summed E-state index contributed by atoms with van der Waals surface area (Å²) in [6.07, 6.45) is 1.47. The molecule has 152 valence electrons. The highest BCUT2D eigenvalue weighted by atomic mass is 16.4. The normalized spacial score (nSPS) is 13.9. The van der Waals surface area contributed by atoms with Crippen LogP contribution in [0.15, 0.2) is 18.2 Å². The van der Waals surface area contributed by atoms with Gasteiger partial charge in [-0.05, 0) is 43.9 Å². The van der Waals surface area contributed by atoms with Gasteiger partial charge in [0, 0.05) is 44.4 Å². The van der Waals surface area contributed by atoms with Crippen LogP contribution in [0.1, 0.15) is 41.6 Å². The van der Waals surface area contributed by atoms with E-state index in [2.05, 4.69) is 10.6 Å². The Kier molecular flexibility index (Phi) is 7.36. The molecule has 0 bridgehead atoms. The van der Waals surface area contributed by atoms with Crippen LogP contribution in [0.3, 0.4) is 0 Å². The molecule has 0 radical (unpaired) electrons. The summed E-state index contributed by atoms with van der Waals surface area (Å²) in [4.78, 5) is 49.6. The zero-order valence-corrected chi connectivity index (χ0v) is 16.2.